The Hall–Kier alpha value is -1.78. The van der Waals surface area contributed by atoms with Crippen molar-refractivity contribution in [1.29, 1.82) is 0 Å². The molecule has 2 atom stereocenters. The molecule has 2 unspecified atom stereocenters. The normalized spacial score (nSPS) is 23.6. The Morgan fingerprint density at radius 1 is 1.10 bits per heavy atom. The lowest BCUT2D eigenvalue weighted by Crippen LogP contribution is -2.67. The standard InChI is InChI=1S/C16H17ClN4/c17-11-1-3-12(4-2-11)19-13-6-16(8-18-7-13)21-9-14-5-15(10-21)20-14/h1-4,6-8,14-15,19-20H,5,9-10H2. The lowest BCUT2D eigenvalue weighted by atomic mass is 9.91. The highest BCUT2D eigenvalue weighted by molar-refractivity contribution is 6.30. The van der Waals surface area contributed by atoms with Gasteiger partial charge in [0.1, 0.15) is 0 Å². The fourth-order valence-electron chi connectivity index (χ4n) is 3.09. The van der Waals surface area contributed by atoms with Gasteiger partial charge in [-0.2, -0.15) is 0 Å². The van der Waals surface area contributed by atoms with Gasteiger partial charge in [0.25, 0.3) is 0 Å². The van der Waals surface area contributed by atoms with Gasteiger partial charge in [-0.15, -0.1) is 0 Å². The molecule has 2 bridgehead atoms. The Labute approximate surface area is 129 Å². The quantitative estimate of drug-likeness (QED) is 0.914. The molecule has 5 rings (SSSR count). The summed E-state index contributed by atoms with van der Waals surface area (Å²) in [5.41, 5.74) is 3.20. The Bertz CT molecular complexity index is 627. The van der Waals surface area contributed by atoms with Gasteiger partial charge in [-0.05, 0) is 36.8 Å². The molecule has 5 heteroatoms. The highest BCUT2D eigenvalue weighted by Gasteiger charge is 2.36. The zero-order chi connectivity index (χ0) is 14.2. The van der Waals surface area contributed by atoms with Crippen molar-refractivity contribution in [2.45, 2.75) is 18.5 Å². The molecular formula is C16H17ClN4. The first kappa shape index (κ1) is 12.9. The molecule has 1 aromatic carbocycles. The number of anilines is 3. The van der Waals surface area contributed by atoms with E-state index < -0.39 is 0 Å². The Morgan fingerprint density at radius 2 is 1.81 bits per heavy atom. The van der Waals surface area contributed by atoms with Crippen LogP contribution in [0.4, 0.5) is 17.1 Å². The van der Waals surface area contributed by atoms with Crippen LogP contribution in [0.1, 0.15) is 6.42 Å². The number of nitrogens with one attached hydrogen (secondary N) is 2. The van der Waals surface area contributed by atoms with Crippen molar-refractivity contribution < 1.29 is 0 Å². The van der Waals surface area contributed by atoms with E-state index in [4.69, 9.17) is 11.6 Å². The van der Waals surface area contributed by atoms with E-state index >= 15 is 0 Å². The fraction of sp³-hybridized carbons (Fsp3) is 0.312. The highest BCUT2D eigenvalue weighted by atomic mass is 35.5. The Kier molecular flexibility index (Phi) is 3.20. The van der Waals surface area contributed by atoms with Gasteiger partial charge in [0, 0.05) is 35.9 Å². The second-order valence-electron chi connectivity index (χ2n) is 5.76. The van der Waals surface area contributed by atoms with Crippen molar-refractivity contribution in [3.05, 3.63) is 47.7 Å². The molecule has 3 fully saturated rings. The van der Waals surface area contributed by atoms with Crippen molar-refractivity contribution in [2.24, 2.45) is 0 Å². The molecule has 3 aliphatic rings. The van der Waals surface area contributed by atoms with Gasteiger partial charge in [0.15, 0.2) is 0 Å². The summed E-state index contributed by atoms with van der Waals surface area (Å²) in [4.78, 5) is 6.77. The third-order valence-corrected chi connectivity index (χ3v) is 4.40. The maximum absolute atomic E-state index is 5.91. The molecule has 0 aliphatic carbocycles. The van der Waals surface area contributed by atoms with Gasteiger partial charge in [-0.1, -0.05) is 11.6 Å². The summed E-state index contributed by atoms with van der Waals surface area (Å²) in [5, 5.41) is 7.66. The van der Waals surface area contributed by atoms with Crippen molar-refractivity contribution in [1.82, 2.24) is 10.3 Å². The molecule has 1 aromatic heterocycles. The van der Waals surface area contributed by atoms with Crippen LogP contribution in [0, 0.1) is 0 Å². The maximum Gasteiger partial charge on any atom is 0.0591 e. The van der Waals surface area contributed by atoms with Crippen LogP contribution >= 0.6 is 11.6 Å². The number of nitrogens with zero attached hydrogens (tertiary/aromatic N) is 2. The van der Waals surface area contributed by atoms with E-state index in [-0.39, 0.29) is 0 Å². The number of pyridine rings is 1. The van der Waals surface area contributed by atoms with Crippen molar-refractivity contribution in [3.63, 3.8) is 0 Å². The van der Waals surface area contributed by atoms with Crippen LogP contribution in [0.5, 0.6) is 0 Å². The molecule has 4 nitrogen and oxygen atoms in total. The predicted octanol–water partition coefficient (Wildman–Crippen LogP) is 3.03. The second-order valence-corrected chi connectivity index (χ2v) is 6.20. The molecule has 2 N–H and O–H groups in total. The van der Waals surface area contributed by atoms with Crippen LogP contribution in [-0.4, -0.2) is 30.2 Å². The number of fused-ring (bicyclic) bond motifs is 2. The molecule has 0 radical (unpaired) electrons. The molecule has 3 aliphatic heterocycles. The summed E-state index contributed by atoms with van der Waals surface area (Å²) in [6.45, 7) is 2.14. The molecule has 4 heterocycles. The summed E-state index contributed by atoms with van der Waals surface area (Å²) in [6, 6.07) is 11.2. The van der Waals surface area contributed by atoms with Crippen molar-refractivity contribution >= 4 is 28.7 Å². The Balaban J connectivity index is 1.51. The first-order valence-electron chi connectivity index (χ1n) is 7.25. The van der Waals surface area contributed by atoms with Gasteiger partial charge in [-0.25, -0.2) is 0 Å². The summed E-state index contributed by atoms with van der Waals surface area (Å²) < 4.78 is 0. The van der Waals surface area contributed by atoms with E-state index in [1.807, 2.05) is 36.7 Å². The topological polar surface area (TPSA) is 40.2 Å². The van der Waals surface area contributed by atoms with Gasteiger partial charge >= 0.3 is 0 Å². The molecule has 0 saturated carbocycles. The fourth-order valence-corrected chi connectivity index (χ4v) is 3.22. The van der Waals surface area contributed by atoms with Crippen LogP contribution in [0.15, 0.2) is 42.7 Å². The SMILES string of the molecule is Clc1ccc(Nc2cncc(N3CC4CC(C3)N4)c2)cc1. The van der Waals surface area contributed by atoms with Crippen LogP contribution < -0.4 is 15.5 Å². The molecule has 21 heavy (non-hydrogen) atoms. The monoisotopic (exact) mass is 300 g/mol. The number of piperidine rings is 1. The zero-order valence-corrected chi connectivity index (χ0v) is 12.3. The minimum Gasteiger partial charge on any atom is -0.367 e. The van der Waals surface area contributed by atoms with Gasteiger partial charge in [0.2, 0.25) is 0 Å². The predicted molar refractivity (Wildman–Crippen MR) is 86.5 cm³/mol. The molecule has 0 amide bonds. The minimum absolute atomic E-state index is 0.650. The maximum atomic E-state index is 5.91. The first-order valence-corrected chi connectivity index (χ1v) is 7.63. The van der Waals surface area contributed by atoms with Crippen LogP contribution in [0.3, 0.4) is 0 Å². The van der Waals surface area contributed by atoms with E-state index in [0.29, 0.717) is 12.1 Å². The lowest BCUT2D eigenvalue weighted by molar-refractivity contribution is 0.226. The summed E-state index contributed by atoms with van der Waals surface area (Å²) >= 11 is 5.91. The lowest BCUT2D eigenvalue weighted by Gasteiger charge is -2.49. The van der Waals surface area contributed by atoms with E-state index in [1.165, 1.54) is 12.1 Å². The number of rotatable bonds is 3. The number of benzene rings is 1. The number of aromatic nitrogens is 1. The van der Waals surface area contributed by atoms with Crippen LogP contribution in [0.2, 0.25) is 5.02 Å². The first-order chi connectivity index (χ1) is 10.3. The van der Waals surface area contributed by atoms with E-state index in [0.717, 1.165) is 29.5 Å². The largest absolute Gasteiger partial charge is 0.367 e. The average Bonchev–Trinajstić information content (AvgIpc) is 2.49. The van der Waals surface area contributed by atoms with Crippen molar-refractivity contribution in [3.8, 4) is 0 Å². The summed E-state index contributed by atoms with van der Waals surface area (Å²) in [6.07, 6.45) is 5.10. The van der Waals surface area contributed by atoms with E-state index in [9.17, 15) is 0 Å². The van der Waals surface area contributed by atoms with E-state index in [1.54, 1.807) is 0 Å². The molecular weight excluding hydrogens is 284 g/mol. The molecule has 108 valence electrons. The number of hydrogen-bond donors (Lipinski definition) is 2. The van der Waals surface area contributed by atoms with Crippen molar-refractivity contribution in [2.75, 3.05) is 23.3 Å². The Morgan fingerprint density at radius 3 is 2.52 bits per heavy atom. The third-order valence-electron chi connectivity index (χ3n) is 4.14. The van der Waals surface area contributed by atoms with Gasteiger partial charge < -0.3 is 15.5 Å². The third kappa shape index (κ3) is 2.69. The summed E-state index contributed by atoms with van der Waals surface area (Å²) in [5.74, 6) is 0. The molecule has 3 saturated heterocycles. The average molecular weight is 301 g/mol. The van der Waals surface area contributed by atoms with Gasteiger partial charge in [-0.3, -0.25) is 4.98 Å². The van der Waals surface area contributed by atoms with E-state index in [2.05, 4.69) is 26.6 Å². The smallest absolute Gasteiger partial charge is 0.0591 e. The van der Waals surface area contributed by atoms with Crippen LogP contribution in [0.25, 0.3) is 0 Å². The van der Waals surface area contributed by atoms with Crippen LogP contribution in [-0.2, 0) is 0 Å². The highest BCUT2D eigenvalue weighted by Crippen LogP contribution is 2.28. The number of hydrogen-bond acceptors (Lipinski definition) is 4. The van der Waals surface area contributed by atoms with Gasteiger partial charge in [0.05, 0.1) is 23.8 Å². The molecule has 2 aromatic rings. The minimum atomic E-state index is 0.650. The zero-order valence-electron chi connectivity index (χ0n) is 11.6. The second kappa shape index (κ2) is 5.20. The number of piperazine rings is 1. The molecule has 0 spiro atoms. The summed E-state index contributed by atoms with van der Waals surface area (Å²) in [7, 11) is 0. The number of halogens is 1.